The van der Waals surface area contributed by atoms with Crippen LogP contribution in [0.15, 0.2) is 78.0 Å². The normalized spacial score (nSPS) is 11.5. The number of nitrogens with zero attached hydrogens (tertiary/aromatic N) is 4. The fourth-order valence-electron chi connectivity index (χ4n) is 3.91. The molecule has 0 saturated carbocycles. The molecule has 0 saturated heterocycles. The predicted molar refractivity (Wildman–Crippen MR) is 130 cm³/mol. The maximum absolute atomic E-state index is 12.9. The SMILES string of the molecule is N#Cc1ccccc1Cn1cc(/C=N\NC(=O)Cc2ccc(C(F)(F)F)cc2[N+](=O)[O-])c2ccccc21. The maximum Gasteiger partial charge on any atom is 0.416 e. The molecule has 0 radical (unpaired) electrons. The second-order valence-corrected chi connectivity index (χ2v) is 8.07. The minimum Gasteiger partial charge on any atom is -0.342 e. The molecule has 0 aliphatic heterocycles. The van der Waals surface area contributed by atoms with E-state index in [1.54, 1.807) is 12.1 Å². The largest absolute Gasteiger partial charge is 0.416 e. The number of rotatable bonds is 7. The number of benzene rings is 3. The number of nitrogens with one attached hydrogen (secondary N) is 1. The molecule has 11 heteroatoms. The molecule has 0 fully saturated rings. The third-order valence-electron chi connectivity index (χ3n) is 5.65. The van der Waals surface area contributed by atoms with Crippen LogP contribution in [-0.4, -0.2) is 21.6 Å². The number of aromatic nitrogens is 1. The summed E-state index contributed by atoms with van der Waals surface area (Å²) >= 11 is 0. The first kappa shape index (κ1) is 25.1. The Balaban J connectivity index is 1.52. The number of nitriles is 1. The van der Waals surface area contributed by atoms with Crippen molar-refractivity contribution in [3.05, 3.63) is 111 Å². The Kier molecular flexibility index (Phi) is 7.01. The van der Waals surface area contributed by atoms with E-state index in [4.69, 9.17) is 0 Å². The van der Waals surface area contributed by atoms with Crippen molar-refractivity contribution < 1.29 is 22.9 Å². The number of fused-ring (bicyclic) bond motifs is 1. The van der Waals surface area contributed by atoms with Crippen molar-refractivity contribution in [2.45, 2.75) is 19.1 Å². The van der Waals surface area contributed by atoms with Crippen LogP contribution in [0.1, 0.15) is 27.8 Å². The molecule has 37 heavy (non-hydrogen) atoms. The van der Waals surface area contributed by atoms with E-state index in [9.17, 15) is 33.3 Å². The van der Waals surface area contributed by atoms with Crippen LogP contribution in [0.2, 0.25) is 0 Å². The topological polar surface area (TPSA) is 113 Å². The number of nitro benzene ring substituents is 1. The molecule has 0 unspecified atom stereocenters. The lowest BCUT2D eigenvalue weighted by molar-refractivity contribution is -0.385. The second-order valence-electron chi connectivity index (χ2n) is 8.07. The summed E-state index contributed by atoms with van der Waals surface area (Å²) in [7, 11) is 0. The summed E-state index contributed by atoms with van der Waals surface area (Å²) in [5, 5.41) is 25.4. The van der Waals surface area contributed by atoms with Crippen molar-refractivity contribution in [1.29, 1.82) is 5.26 Å². The zero-order chi connectivity index (χ0) is 26.6. The van der Waals surface area contributed by atoms with Gasteiger partial charge in [0.2, 0.25) is 5.91 Å². The molecule has 0 aliphatic rings. The maximum atomic E-state index is 12.9. The van der Waals surface area contributed by atoms with Crippen LogP contribution >= 0.6 is 0 Å². The van der Waals surface area contributed by atoms with Crippen LogP contribution in [0.3, 0.4) is 0 Å². The molecule has 4 rings (SSSR count). The van der Waals surface area contributed by atoms with Gasteiger partial charge in [-0.05, 0) is 23.8 Å². The van der Waals surface area contributed by atoms with Gasteiger partial charge in [0.05, 0.1) is 34.8 Å². The van der Waals surface area contributed by atoms with Crippen LogP contribution in [-0.2, 0) is 23.9 Å². The van der Waals surface area contributed by atoms with E-state index in [0.29, 0.717) is 29.8 Å². The number of hydrazone groups is 1. The third-order valence-corrected chi connectivity index (χ3v) is 5.65. The molecular weight excluding hydrogens is 487 g/mol. The van der Waals surface area contributed by atoms with Crippen molar-refractivity contribution in [3.63, 3.8) is 0 Å². The number of carbonyl (C=O) groups is 1. The molecule has 1 aromatic heterocycles. The van der Waals surface area contributed by atoms with Crippen molar-refractivity contribution in [1.82, 2.24) is 9.99 Å². The van der Waals surface area contributed by atoms with E-state index in [0.717, 1.165) is 22.5 Å². The molecule has 186 valence electrons. The predicted octanol–water partition coefficient (Wildman–Crippen LogP) is 5.18. The molecule has 1 N–H and O–H groups in total. The van der Waals surface area contributed by atoms with Gasteiger partial charge in [0, 0.05) is 40.8 Å². The molecule has 0 atom stereocenters. The molecule has 0 bridgehead atoms. The summed E-state index contributed by atoms with van der Waals surface area (Å²) in [5.41, 5.74) is 3.07. The standard InChI is InChI=1S/C26H18F3N5O3/c27-26(28,29)21-10-9-17(24(12-21)34(36)37)11-25(35)32-31-14-20-16-33(23-8-4-3-7-22(20)23)15-19-6-2-1-5-18(19)13-30/h1-10,12,14,16H,11,15H2,(H,32,35)/b31-14-. The van der Waals surface area contributed by atoms with E-state index in [-0.39, 0.29) is 5.56 Å². The zero-order valence-corrected chi connectivity index (χ0v) is 19.1. The molecule has 8 nitrogen and oxygen atoms in total. The number of hydrogen-bond donors (Lipinski definition) is 1. The number of carbonyl (C=O) groups excluding carboxylic acids is 1. The lowest BCUT2D eigenvalue weighted by atomic mass is 10.1. The minimum atomic E-state index is -4.74. The van der Waals surface area contributed by atoms with Crippen molar-refractivity contribution in [3.8, 4) is 6.07 Å². The van der Waals surface area contributed by atoms with E-state index < -0.39 is 34.7 Å². The van der Waals surface area contributed by atoms with Crippen molar-refractivity contribution >= 4 is 28.7 Å². The molecule has 1 amide bonds. The van der Waals surface area contributed by atoms with Gasteiger partial charge in [-0.2, -0.15) is 23.5 Å². The monoisotopic (exact) mass is 505 g/mol. The first-order chi connectivity index (χ1) is 17.7. The highest BCUT2D eigenvalue weighted by atomic mass is 19.4. The van der Waals surface area contributed by atoms with E-state index in [2.05, 4.69) is 16.6 Å². The summed E-state index contributed by atoms with van der Waals surface area (Å²) in [6.07, 6.45) is -2.05. The van der Waals surface area contributed by atoms with E-state index in [1.165, 1.54) is 6.21 Å². The van der Waals surface area contributed by atoms with Crippen LogP contribution in [0, 0.1) is 21.4 Å². The Labute approximate surface area is 208 Å². The molecule has 3 aromatic carbocycles. The molecule has 4 aromatic rings. The van der Waals surface area contributed by atoms with Gasteiger partial charge in [-0.25, -0.2) is 5.43 Å². The molecule has 1 heterocycles. The summed E-state index contributed by atoms with van der Waals surface area (Å²) in [4.78, 5) is 22.6. The van der Waals surface area contributed by atoms with Gasteiger partial charge in [0.15, 0.2) is 0 Å². The Morgan fingerprint density at radius 2 is 1.84 bits per heavy atom. The average molecular weight is 505 g/mol. The van der Waals surface area contributed by atoms with Crippen LogP contribution < -0.4 is 5.43 Å². The van der Waals surface area contributed by atoms with Crippen LogP contribution in [0.4, 0.5) is 18.9 Å². The van der Waals surface area contributed by atoms with Gasteiger partial charge in [-0.1, -0.05) is 42.5 Å². The summed E-state index contributed by atoms with van der Waals surface area (Å²) < 4.78 is 40.6. The number of alkyl halides is 3. The Morgan fingerprint density at radius 3 is 2.57 bits per heavy atom. The molecule has 0 spiro atoms. The van der Waals surface area contributed by atoms with Crippen molar-refractivity contribution in [2.75, 3.05) is 0 Å². The quantitative estimate of drug-likeness (QED) is 0.212. The van der Waals surface area contributed by atoms with Gasteiger partial charge in [-0.15, -0.1) is 0 Å². The van der Waals surface area contributed by atoms with Crippen molar-refractivity contribution in [2.24, 2.45) is 5.10 Å². The highest BCUT2D eigenvalue weighted by molar-refractivity contribution is 5.99. The number of amides is 1. The zero-order valence-electron chi connectivity index (χ0n) is 19.1. The third kappa shape index (κ3) is 5.65. The smallest absolute Gasteiger partial charge is 0.342 e. The van der Waals surface area contributed by atoms with Gasteiger partial charge in [-0.3, -0.25) is 14.9 Å². The summed E-state index contributed by atoms with van der Waals surface area (Å²) in [6, 6.07) is 18.9. The Bertz CT molecular complexity index is 1570. The Morgan fingerprint density at radius 1 is 1.11 bits per heavy atom. The van der Waals surface area contributed by atoms with Crippen LogP contribution in [0.5, 0.6) is 0 Å². The van der Waals surface area contributed by atoms with E-state index >= 15 is 0 Å². The fourth-order valence-corrected chi connectivity index (χ4v) is 3.91. The Hall–Kier alpha value is -4.98. The lowest BCUT2D eigenvalue weighted by Gasteiger charge is -2.08. The summed E-state index contributed by atoms with van der Waals surface area (Å²) in [6.45, 7) is 0.433. The highest BCUT2D eigenvalue weighted by Crippen LogP contribution is 2.33. The first-order valence-corrected chi connectivity index (χ1v) is 10.9. The van der Waals surface area contributed by atoms with Gasteiger partial charge in [0.1, 0.15) is 0 Å². The number of halogens is 3. The second kappa shape index (κ2) is 10.3. The number of hydrogen-bond acceptors (Lipinski definition) is 5. The van der Waals surface area contributed by atoms with E-state index in [1.807, 2.05) is 47.2 Å². The number of nitro groups is 1. The van der Waals surface area contributed by atoms with Gasteiger partial charge in [0.25, 0.3) is 5.69 Å². The van der Waals surface area contributed by atoms with Gasteiger partial charge < -0.3 is 4.57 Å². The van der Waals surface area contributed by atoms with Gasteiger partial charge >= 0.3 is 6.18 Å². The first-order valence-electron chi connectivity index (χ1n) is 10.9. The minimum absolute atomic E-state index is 0.168. The highest BCUT2D eigenvalue weighted by Gasteiger charge is 2.33. The molecular formula is C26H18F3N5O3. The summed E-state index contributed by atoms with van der Waals surface area (Å²) in [5.74, 6) is -0.731. The number of para-hydroxylation sites is 1. The van der Waals surface area contributed by atoms with Crippen LogP contribution in [0.25, 0.3) is 10.9 Å². The lowest BCUT2D eigenvalue weighted by Crippen LogP contribution is -2.20. The fraction of sp³-hybridized carbons (Fsp3) is 0.115. The molecule has 0 aliphatic carbocycles. The average Bonchev–Trinajstić information content (AvgIpc) is 3.21.